The maximum atomic E-state index is 12.5. The molecule has 0 radical (unpaired) electrons. The van der Waals surface area contributed by atoms with Crippen molar-refractivity contribution in [3.8, 4) is 0 Å². The Kier molecular flexibility index (Phi) is 6.03. The monoisotopic (exact) mass is 353 g/mol. The minimum absolute atomic E-state index is 0.372. The van der Waals surface area contributed by atoms with Crippen molar-refractivity contribution in [3.05, 3.63) is 60.2 Å². The Morgan fingerprint density at radius 1 is 1.04 bits per heavy atom. The van der Waals surface area contributed by atoms with Gasteiger partial charge in [0.2, 0.25) is 0 Å². The summed E-state index contributed by atoms with van der Waals surface area (Å²) in [6, 6.07) is 14.7. The first-order chi connectivity index (χ1) is 11.4. The molecule has 128 valence electrons. The summed E-state index contributed by atoms with van der Waals surface area (Å²) in [4.78, 5) is 2.08. The van der Waals surface area contributed by atoms with Crippen molar-refractivity contribution >= 4 is 28.7 Å². The molecule has 0 aromatic heterocycles. The molecule has 0 spiro atoms. The number of rotatable bonds is 5. The molecular formula is C17H18F3N3S. The zero-order chi connectivity index (χ0) is 17.6. The van der Waals surface area contributed by atoms with Gasteiger partial charge in [0.1, 0.15) is 0 Å². The van der Waals surface area contributed by atoms with Gasteiger partial charge in [0.05, 0.1) is 5.56 Å². The quantitative estimate of drug-likeness (QED) is 0.791. The van der Waals surface area contributed by atoms with Crippen LogP contribution in [0.4, 0.5) is 24.5 Å². The van der Waals surface area contributed by atoms with Crippen LogP contribution in [-0.2, 0) is 6.18 Å². The molecule has 0 fully saturated rings. The van der Waals surface area contributed by atoms with E-state index in [1.165, 1.54) is 12.1 Å². The van der Waals surface area contributed by atoms with Gasteiger partial charge in [-0.3, -0.25) is 0 Å². The van der Waals surface area contributed by atoms with Crippen molar-refractivity contribution in [3.63, 3.8) is 0 Å². The number of anilines is 2. The molecule has 0 aliphatic heterocycles. The predicted octanol–water partition coefficient (Wildman–Crippen LogP) is 4.13. The van der Waals surface area contributed by atoms with Crippen LogP contribution in [0.3, 0.4) is 0 Å². The van der Waals surface area contributed by atoms with Crippen LogP contribution in [0, 0.1) is 0 Å². The lowest BCUT2D eigenvalue weighted by Gasteiger charge is -2.20. The highest BCUT2D eigenvalue weighted by atomic mass is 32.1. The van der Waals surface area contributed by atoms with Gasteiger partial charge in [-0.1, -0.05) is 18.2 Å². The molecule has 0 aliphatic carbocycles. The van der Waals surface area contributed by atoms with E-state index in [-0.39, 0.29) is 0 Å². The molecule has 2 N–H and O–H groups in total. The Morgan fingerprint density at radius 2 is 1.67 bits per heavy atom. The smallest absolute Gasteiger partial charge is 0.373 e. The van der Waals surface area contributed by atoms with E-state index in [2.05, 4.69) is 15.5 Å². The standard InChI is InChI=1S/C17H18F3N3S/c1-23(15-5-3-2-4-6-15)12-11-21-16(24)22-14-9-7-13(8-10-14)17(18,19)20/h2-10H,11-12H2,1H3,(H2,21,22,24). The molecule has 3 nitrogen and oxygen atoms in total. The summed E-state index contributed by atoms with van der Waals surface area (Å²) in [5.74, 6) is 0. The molecule has 0 saturated carbocycles. The number of hydrogen-bond donors (Lipinski definition) is 2. The Morgan fingerprint density at radius 3 is 2.25 bits per heavy atom. The summed E-state index contributed by atoms with van der Waals surface area (Å²) in [5, 5.41) is 6.27. The van der Waals surface area contributed by atoms with E-state index in [4.69, 9.17) is 12.2 Å². The zero-order valence-corrected chi connectivity index (χ0v) is 13.9. The van der Waals surface area contributed by atoms with Crippen molar-refractivity contribution in [1.82, 2.24) is 5.32 Å². The molecule has 2 rings (SSSR count). The van der Waals surface area contributed by atoms with E-state index < -0.39 is 11.7 Å². The highest BCUT2D eigenvalue weighted by Gasteiger charge is 2.29. The van der Waals surface area contributed by atoms with E-state index >= 15 is 0 Å². The lowest BCUT2D eigenvalue weighted by Crippen LogP contribution is -2.35. The third kappa shape index (κ3) is 5.42. The maximum Gasteiger partial charge on any atom is 0.416 e. The second kappa shape index (κ2) is 8.01. The van der Waals surface area contributed by atoms with Crippen LogP contribution in [0.2, 0.25) is 0 Å². The number of nitrogens with one attached hydrogen (secondary N) is 2. The first-order valence-electron chi connectivity index (χ1n) is 7.34. The Balaban J connectivity index is 1.77. The minimum atomic E-state index is -4.33. The second-order valence-electron chi connectivity index (χ2n) is 5.21. The molecule has 0 atom stereocenters. The van der Waals surface area contributed by atoms with Crippen LogP contribution in [0.5, 0.6) is 0 Å². The van der Waals surface area contributed by atoms with Crippen molar-refractivity contribution in [2.24, 2.45) is 0 Å². The lowest BCUT2D eigenvalue weighted by atomic mass is 10.2. The van der Waals surface area contributed by atoms with Crippen LogP contribution in [0.15, 0.2) is 54.6 Å². The van der Waals surface area contributed by atoms with Gasteiger partial charge in [-0.2, -0.15) is 13.2 Å². The summed E-state index contributed by atoms with van der Waals surface area (Å²) < 4.78 is 37.5. The van der Waals surface area contributed by atoms with Gasteiger partial charge in [0, 0.05) is 31.5 Å². The fraction of sp³-hybridized carbons (Fsp3) is 0.235. The lowest BCUT2D eigenvalue weighted by molar-refractivity contribution is -0.137. The highest BCUT2D eigenvalue weighted by molar-refractivity contribution is 7.80. The maximum absolute atomic E-state index is 12.5. The zero-order valence-electron chi connectivity index (χ0n) is 13.1. The number of alkyl halides is 3. The molecule has 0 heterocycles. The molecule has 0 amide bonds. The Bertz CT molecular complexity index is 657. The number of thiocarbonyl (C=S) groups is 1. The number of halogens is 3. The van der Waals surface area contributed by atoms with Gasteiger partial charge in [-0.25, -0.2) is 0 Å². The van der Waals surface area contributed by atoms with E-state index in [1.807, 2.05) is 37.4 Å². The molecule has 0 bridgehead atoms. The normalized spacial score (nSPS) is 11.0. The van der Waals surface area contributed by atoms with Crippen LogP contribution in [0.1, 0.15) is 5.56 Å². The molecule has 2 aromatic carbocycles. The minimum Gasteiger partial charge on any atom is -0.373 e. The van der Waals surface area contributed by atoms with Gasteiger partial charge in [-0.15, -0.1) is 0 Å². The number of hydrogen-bond acceptors (Lipinski definition) is 2. The number of para-hydroxylation sites is 1. The predicted molar refractivity (Wildman–Crippen MR) is 95.4 cm³/mol. The average molecular weight is 353 g/mol. The van der Waals surface area contributed by atoms with E-state index in [0.717, 1.165) is 24.4 Å². The SMILES string of the molecule is CN(CCNC(=S)Nc1ccc(C(F)(F)F)cc1)c1ccccc1. The molecule has 7 heteroatoms. The van der Waals surface area contributed by atoms with Crippen molar-refractivity contribution in [2.45, 2.75) is 6.18 Å². The van der Waals surface area contributed by atoms with Crippen LogP contribution in [-0.4, -0.2) is 25.2 Å². The molecular weight excluding hydrogens is 335 g/mol. The third-order valence-electron chi connectivity index (χ3n) is 3.40. The number of likely N-dealkylation sites (N-methyl/N-ethyl adjacent to an activating group) is 1. The molecule has 0 aliphatic rings. The fourth-order valence-electron chi connectivity index (χ4n) is 2.07. The van der Waals surface area contributed by atoms with Gasteiger partial charge in [-0.05, 0) is 48.6 Å². The summed E-state index contributed by atoms with van der Waals surface area (Å²) >= 11 is 5.15. The number of nitrogens with zero attached hydrogens (tertiary/aromatic N) is 1. The first kappa shape index (κ1) is 18.1. The third-order valence-corrected chi connectivity index (χ3v) is 3.65. The summed E-state index contributed by atoms with van der Waals surface area (Å²) in [7, 11) is 1.98. The highest BCUT2D eigenvalue weighted by Crippen LogP contribution is 2.29. The summed E-state index contributed by atoms with van der Waals surface area (Å²) in [6.07, 6.45) is -4.33. The molecule has 24 heavy (non-hydrogen) atoms. The van der Waals surface area contributed by atoms with Crippen LogP contribution in [0.25, 0.3) is 0 Å². The van der Waals surface area contributed by atoms with Gasteiger partial charge in [0.25, 0.3) is 0 Å². The van der Waals surface area contributed by atoms with Crippen molar-refractivity contribution < 1.29 is 13.2 Å². The molecule has 0 saturated heterocycles. The van der Waals surface area contributed by atoms with Gasteiger partial charge >= 0.3 is 6.18 Å². The first-order valence-corrected chi connectivity index (χ1v) is 7.75. The largest absolute Gasteiger partial charge is 0.416 e. The van der Waals surface area contributed by atoms with Crippen LogP contribution < -0.4 is 15.5 Å². The number of benzene rings is 2. The van der Waals surface area contributed by atoms with E-state index in [9.17, 15) is 13.2 Å². The topological polar surface area (TPSA) is 27.3 Å². The average Bonchev–Trinajstić information content (AvgIpc) is 2.55. The summed E-state index contributed by atoms with van der Waals surface area (Å²) in [5.41, 5.74) is 0.925. The second-order valence-corrected chi connectivity index (χ2v) is 5.62. The van der Waals surface area contributed by atoms with Crippen LogP contribution >= 0.6 is 12.2 Å². The van der Waals surface area contributed by atoms with E-state index in [0.29, 0.717) is 17.3 Å². The Hall–Kier alpha value is -2.28. The Labute approximate surface area is 144 Å². The van der Waals surface area contributed by atoms with Gasteiger partial charge < -0.3 is 15.5 Å². The van der Waals surface area contributed by atoms with Crippen molar-refractivity contribution in [1.29, 1.82) is 0 Å². The summed E-state index contributed by atoms with van der Waals surface area (Å²) in [6.45, 7) is 1.34. The van der Waals surface area contributed by atoms with Gasteiger partial charge in [0.15, 0.2) is 5.11 Å². The molecule has 2 aromatic rings. The molecule has 0 unspecified atom stereocenters. The fourth-order valence-corrected chi connectivity index (χ4v) is 2.29. The van der Waals surface area contributed by atoms with Crippen molar-refractivity contribution in [2.75, 3.05) is 30.4 Å². The van der Waals surface area contributed by atoms with E-state index in [1.54, 1.807) is 0 Å².